The van der Waals surface area contributed by atoms with Gasteiger partial charge in [0.1, 0.15) is 16.7 Å². The van der Waals surface area contributed by atoms with Gasteiger partial charge < -0.3 is 10.4 Å². The van der Waals surface area contributed by atoms with Gasteiger partial charge >= 0.3 is 0 Å². The molecule has 0 aliphatic carbocycles. The highest BCUT2D eigenvalue weighted by atomic mass is 35.5. The van der Waals surface area contributed by atoms with Gasteiger partial charge in [0.15, 0.2) is 0 Å². The first-order chi connectivity index (χ1) is 8.95. The first-order valence-corrected chi connectivity index (χ1v) is 6.02. The van der Waals surface area contributed by atoms with E-state index in [1.807, 2.05) is 0 Å². The average Bonchev–Trinajstić information content (AvgIpc) is 2.31. The van der Waals surface area contributed by atoms with E-state index >= 15 is 0 Å². The molecule has 0 saturated carbocycles. The molecule has 1 heterocycles. The number of aromatic hydroxyl groups is 1. The number of hydrogen-bond acceptors (Lipinski definition) is 4. The minimum atomic E-state index is -0.430. The van der Waals surface area contributed by atoms with Crippen LogP contribution >= 0.6 is 23.2 Å². The maximum atomic E-state index is 11.9. The van der Waals surface area contributed by atoms with E-state index in [0.29, 0.717) is 11.1 Å². The van der Waals surface area contributed by atoms with Crippen molar-refractivity contribution in [2.45, 2.75) is 6.92 Å². The Bertz CT molecular complexity index is 627. The van der Waals surface area contributed by atoms with Crippen LogP contribution in [0.25, 0.3) is 0 Å². The molecule has 0 unspecified atom stereocenters. The Labute approximate surface area is 119 Å². The third-order valence-electron chi connectivity index (χ3n) is 2.38. The molecule has 2 N–H and O–H groups in total. The summed E-state index contributed by atoms with van der Waals surface area (Å²) < 4.78 is 0. The number of nitrogens with one attached hydrogen (secondary N) is 1. The Morgan fingerprint density at radius 2 is 2.00 bits per heavy atom. The molecule has 0 bridgehead atoms. The Morgan fingerprint density at radius 3 is 2.63 bits per heavy atom. The van der Waals surface area contributed by atoms with E-state index in [0.717, 1.165) is 0 Å². The molecule has 0 aliphatic heterocycles. The summed E-state index contributed by atoms with van der Waals surface area (Å²) in [6, 6.07) is 5.98. The van der Waals surface area contributed by atoms with Crippen molar-refractivity contribution in [3.63, 3.8) is 0 Å². The van der Waals surface area contributed by atoms with Crippen molar-refractivity contribution < 1.29 is 9.90 Å². The number of nitrogens with zero attached hydrogens (tertiary/aromatic N) is 2. The Hall–Kier alpha value is -1.85. The standard InChI is InChI=1S/C12H9Cl2N3O2/c1-6-2-3-7(4-8(6)18)11(19)16-10-5-9(13)15-12(14)17-10/h2-5,18H,1H3,(H,15,16,17,19). The van der Waals surface area contributed by atoms with Gasteiger partial charge in [-0.2, -0.15) is 0 Å². The van der Waals surface area contributed by atoms with Gasteiger partial charge in [-0.25, -0.2) is 9.97 Å². The molecule has 1 aromatic heterocycles. The minimum Gasteiger partial charge on any atom is -0.508 e. The fraction of sp³-hybridized carbons (Fsp3) is 0.0833. The molecule has 2 rings (SSSR count). The molecule has 0 atom stereocenters. The highest BCUT2D eigenvalue weighted by Crippen LogP contribution is 2.19. The lowest BCUT2D eigenvalue weighted by Crippen LogP contribution is -2.13. The minimum absolute atomic E-state index is 0.0476. The molecule has 19 heavy (non-hydrogen) atoms. The summed E-state index contributed by atoms with van der Waals surface area (Å²) in [7, 11) is 0. The summed E-state index contributed by atoms with van der Waals surface area (Å²) >= 11 is 11.3. The van der Waals surface area contributed by atoms with E-state index in [9.17, 15) is 9.90 Å². The second-order valence-corrected chi connectivity index (χ2v) is 4.53. The molecule has 0 aliphatic rings. The van der Waals surface area contributed by atoms with E-state index < -0.39 is 5.91 Å². The molecule has 1 amide bonds. The molecule has 2 aromatic rings. The van der Waals surface area contributed by atoms with Crippen LogP contribution in [0.15, 0.2) is 24.3 Å². The van der Waals surface area contributed by atoms with Crippen LogP contribution in [0.2, 0.25) is 10.4 Å². The summed E-state index contributed by atoms with van der Waals surface area (Å²) in [5, 5.41) is 12.1. The number of amides is 1. The van der Waals surface area contributed by atoms with Gasteiger partial charge in [-0.1, -0.05) is 17.7 Å². The highest BCUT2D eigenvalue weighted by molar-refractivity contribution is 6.32. The largest absolute Gasteiger partial charge is 0.508 e. The Kier molecular flexibility index (Phi) is 3.87. The smallest absolute Gasteiger partial charge is 0.256 e. The molecule has 7 heteroatoms. The van der Waals surface area contributed by atoms with Gasteiger partial charge in [-0.05, 0) is 36.2 Å². The Balaban J connectivity index is 2.22. The first-order valence-electron chi connectivity index (χ1n) is 5.27. The number of halogens is 2. The number of phenols is 1. The normalized spacial score (nSPS) is 10.3. The van der Waals surface area contributed by atoms with Gasteiger partial charge in [-0.15, -0.1) is 0 Å². The molecule has 0 saturated heterocycles. The zero-order chi connectivity index (χ0) is 14.0. The van der Waals surface area contributed by atoms with Crippen molar-refractivity contribution in [2.75, 3.05) is 5.32 Å². The zero-order valence-corrected chi connectivity index (χ0v) is 11.3. The van der Waals surface area contributed by atoms with E-state index in [2.05, 4.69) is 15.3 Å². The predicted octanol–water partition coefficient (Wildman–Crippen LogP) is 3.05. The molecule has 0 spiro atoms. The van der Waals surface area contributed by atoms with Crippen LogP contribution < -0.4 is 5.32 Å². The fourth-order valence-corrected chi connectivity index (χ4v) is 1.80. The second-order valence-electron chi connectivity index (χ2n) is 3.80. The lowest BCUT2D eigenvalue weighted by molar-refractivity contribution is 0.102. The van der Waals surface area contributed by atoms with Gasteiger partial charge in [0.05, 0.1) is 0 Å². The van der Waals surface area contributed by atoms with Crippen LogP contribution in [-0.2, 0) is 0 Å². The van der Waals surface area contributed by atoms with Gasteiger partial charge in [-0.3, -0.25) is 4.79 Å². The third-order valence-corrected chi connectivity index (χ3v) is 2.74. The number of phenolic OH excluding ortho intramolecular Hbond substituents is 1. The van der Waals surface area contributed by atoms with Crippen molar-refractivity contribution in [3.05, 3.63) is 45.8 Å². The van der Waals surface area contributed by atoms with E-state index in [1.54, 1.807) is 19.1 Å². The summed E-state index contributed by atoms with van der Waals surface area (Å²) in [6.45, 7) is 1.74. The van der Waals surface area contributed by atoms with Crippen LogP contribution in [0.4, 0.5) is 5.82 Å². The molecule has 0 radical (unpaired) electrons. The van der Waals surface area contributed by atoms with Crippen LogP contribution in [-0.4, -0.2) is 21.0 Å². The van der Waals surface area contributed by atoms with Gasteiger partial charge in [0.25, 0.3) is 5.91 Å². The van der Waals surface area contributed by atoms with Crippen molar-refractivity contribution in [1.29, 1.82) is 0 Å². The van der Waals surface area contributed by atoms with Gasteiger partial charge in [0, 0.05) is 11.6 Å². The van der Waals surface area contributed by atoms with Crippen molar-refractivity contribution in [2.24, 2.45) is 0 Å². The number of hydrogen-bond donors (Lipinski definition) is 2. The zero-order valence-electron chi connectivity index (χ0n) is 9.82. The molecule has 5 nitrogen and oxygen atoms in total. The van der Waals surface area contributed by atoms with E-state index in [-0.39, 0.29) is 22.0 Å². The summed E-state index contributed by atoms with van der Waals surface area (Å²) in [5.74, 6) is -0.192. The Morgan fingerprint density at radius 1 is 1.26 bits per heavy atom. The van der Waals surface area contributed by atoms with Crippen LogP contribution in [0.1, 0.15) is 15.9 Å². The van der Waals surface area contributed by atoms with Crippen LogP contribution in [0, 0.1) is 6.92 Å². The number of rotatable bonds is 2. The number of anilines is 1. The summed E-state index contributed by atoms with van der Waals surface area (Å²) in [6.07, 6.45) is 0. The van der Waals surface area contributed by atoms with Crippen LogP contribution in [0.5, 0.6) is 5.75 Å². The number of aromatic nitrogens is 2. The number of benzene rings is 1. The number of aryl methyl sites for hydroxylation is 1. The van der Waals surface area contributed by atoms with Crippen molar-refractivity contribution in [3.8, 4) is 5.75 Å². The SMILES string of the molecule is Cc1ccc(C(=O)Nc2cc(Cl)nc(Cl)n2)cc1O. The van der Waals surface area contributed by atoms with Crippen molar-refractivity contribution >= 4 is 34.9 Å². The fourth-order valence-electron chi connectivity index (χ4n) is 1.39. The summed E-state index contributed by atoms with van der Waals surface area (Å²) in [5.41, 5.74) is 0.985. The number of carbonyl (C=O) groups is 1. The van der Waals surface area contributed by atoms with Crippen LogP contribution in [0.3, 0.4) is 0 Å². The molecule has 1 aromatic carbocycles. The van der Waals surface area contributed by atoms with Crippen molar-refractivity contribution in [1.82, 2.24) is 9.97 Å². The van der Waals surface area contributed by atoms with E-state index in [1.165, 1.54) is 12.1 Å². The maximum absolute atomic E-state index is 11.9. The molecule has 98 valence electrons. The topological polar surface area (TPSA) is 75.1 Å². The summed E-state index contributed by atoms with van der Waals surface area (Å²) in [4.78, 5) is 19.4. The molecule has 0 fully saturated rings. The lowest BCUT2D eigenvalue weighted by atomic mass is 10.1. The molecular weight excluding hydrogens is 289 g/mol. The van der Waals surface area contributed by atoms with Gasteiger partial charge in [0.2, 0.25) is 5.28 Å². The first kappa shape index (κ1) is 13.6. The highest BCUT2D eigenvalue weighted by Gasteiger charge is 2.10. The lowest BCUT2D eigenvalue weighted by Gasteiger charge is -2.06. The second kappa shape index (κ2) is 5.42. The molecular formula is C12H9Cl2N3O2. The maximum Gasteiger partial charge on any atom is 0.256 e. The predicted molar refractivity (Wildman–Crippen MR) is 72.8 cm³/mol. The average molecular weight is 298 g/mol. The number of carbonyl (C=O) groups excluding carboxylic acids is 1. The quantitative estimate of drug-likeness (QED) is 0.660. The third kappa shape index (κ3) is 3.33. The monoisotopic (exact) mass is 297 g/mol. The van der Waals surface area contributed by atoms with E-state index in [4.69, 9.17) is 23.2 Å².